The van der Waals surface area contributed by atoms with Gasteiger partial charge in [-0.05, 0) is 29.1 Å². The zero-order valence-electron chi connectivity index (χ0n) is 9.22. The van der Waals surface area contributed by atoms with Crippen LogP contribution in [-0.2, 0) is 17.8 Å². The first-order valence-electron chi connectivity index (χ1n) is 5.31. The molecule has 0 bridgehead atoms. The summed E-state index contributed by atoms with van der Waals surface area (Å²) in [4.78, 5) is 12.7. The van der Waals surface area contributed by atoms with Gasteiger partial charge < -0.3 is 10.4 Å². The lowest BCUT2D eigenvalue weighted by Gasteiger charge is -2.04. The number of hydrogen-bond donors (Lipinski definition) is 2. The summed E-state index contributed by atoms with van der Waals surface area (Å²) in [6, 6.07) is 10.7. The van der Waals surface area contributed by atoms with Crippen molar-refractivity contribution in [2.45, 2.75) is 13.0 Å². The Morgan fingerprint density at radius 1 is 1.24 bits per heavy atom. The second-order valence-corrected chi connectivity index (χ2v) is 4.73. The summed E-state index contributed by atoms with van der Waals surface area (Å²) in [5.41, 5.74) is 0.974. The third-order valence-electron chi connectivity index (χ3n) is 2.34. The second kappa shape index (κ2) is 5.50. The van der Waals surface area contributed by atoms with Crippen molar-refractivity contribution in [2.24, 2.45) is 0 Å². The highest BCUT2D eigenvalue weighted by molar-refractivity contribution is 7.10. The largest absolute Gasteiger partial charge is 0.508 e. The average molecular weight is 247 g/mol. The summed E-state index contributed by atoms with van der Waals surface area (Å²) in [5.74, 6) is 0.249. The minimum Gasteiger partial charge on any atom is -0.508 e. The first kappa shape index (κ1) is 11.7. The minimum atomic E-state index is 0.0144. The predicted octanol–water partition coefficient (Wildman–Crippen LogP) is 2.31. The summed E-state index contributed by atoms with van der Waals surface area (Å²) < 4.78 is 0. The smallest absolute Gasteiger partial charge is 0.225 e. The van der Waals surface area contributed by atoms with E-state index < -0.39 is 0 Å². The molecule has 3 nitrogen and oxygen atoms in total. The standard InChI is InChI=1S/C13H13NO2S/c15-11-5-3-10(4-6-11)9-14-13(16)8-12-2-1-7-17-12/h1-7,15H,8-9H2,(H,14,16). The molecule has 0 radical (unpaired) electrons. The SMILES string of the molecule is O=C(Cc1cccs1)NCc1ccc(O)cc1. The maximum absolute atomic E-state index is 11.6. The molecule has 0 fully saturated rings. The number of amides is 1. The lowest BCUT2D eigenvalue weighted by Crippen LogP contribution is -2.24. The first-order valence-corrected chi connectivity index (χ1v) is 6.19. The Morgan fingerprint density at radius 2 is 2.00 bits per heavy atom. The van der Waals surface area contributed by atoms with E-state index in [1.54, 1.807) is 35.6 Å². The van der Waals surface area contributed by atoms with Crippen LogP contribution >= 0.6 is 11.3 Å². The Kier molecular flexibility index (Phi) is 3.77. The molecule has 2 rings (SSSR count). The maximum Gasteiger partial charge on any atom is 0.225 e. The molecular weight excluding hydrogens is 234 g/mol. The number of rotatable bonds is 4. The number of aromatic hydroxyl groups is 1. The van der Waals surface area contributed by atoms with Crippen molar-refractivity contribution >= 4 is 17.2 Å². The molecule has 0 aliphatic carbocycles. The minimum absolute atomic E-state index is 0.0144. The maximum atomic E-state index is 11.6. The van der Waals surface area contributed by atoms with Crippen LogP contribution in [0.2, 0.25) is 0 Å². The van der Waals surface area contributed by atoms with Crippen molar-refractivity contribution in [3.05, 3.63) is 52.2 Å². The quantitative estimate of drug-likeness (QED) is 0.871. The fourth-order valence-corrected chi connectivity index (χ4v) is 2.15. The Balaban J connectivity index is 1.82. The third kappa shape index (κ3) is 3.60. The van der Waals surface area contributed by atoms with Crippen LogP contribution in [0.3, 0.4) is 0 Å². The number of phenolic OH excluding ortho intramolecular Hbond substituents is 1. The van der Waals surface area contributed by atoms with Crippen molar-refractivity contribution in [3.63, 3.8) is 0 Å². The molecule has 17 heavy (non-hydrogen) atoms. The van der Waals surface area contributed by atoms with Gasteiger partial charge in [-0.3, -0.25) is 4.79 Å². The molecule has 1 aromatic carbocycles. The van der Waals surface area contributed by atoms with Crippen LogP contribution in [0.15, 0.2) is 41.8 Å². The van der Waals surface area contributed by atoms with Crippen molar-refractivity contribution < 1.29 is 9.90 Å². The summed E-state index contributed by atoms with van der Waals surface area (Å²) in [7, 11) is 0. The average Bonchev–Trinajstić information content (AvgIpc) is 2.81. The molecule has 2 N–H and O–H groups in total. The Hall–Kier alpha value is -1.81. The molecule has 0 atom stereocenters. The Bertz CT molecular complexity index is 477. The number of thiophene rings is 1. The number of carbonyl (C=O) groups excluding carboxylic acids is 1. The molecule has 1 aromatic heterocycles. The van der Waals surface area contributed by atoms with E-state index in [1.807, 2.05) is 17.5 Å². The summed E-state index contributed by atoms with van der Waals surface area (Å²) >= 11 is 1.58. The zero-order chi connectivity index (χ0) is 12.1. The lowest BCUT2D eigenvalue weighted by molar-refractivity contribution is -0.120. The van der Waals surface area contributed by atoms with Crippen LogP contribution in [0.25, 0.3) is 0 Å². The molecule has 1 amide bonds. The Labute approximate surface area is 104 Å². The van der Waals surface area contributed by atoms with Gasteiger partial charge >= 0.3 is 0 Å². The summed E-state index contributed by atoms with van der Waals surface area (Å²) in [6.45, 7) is 0.491. The van der Waals surface area contributed by atoms with Crippen LogP contribution in [-0.4, -0.2) is 11.0 Å². The predicted molar refractivity (Wildman–Crippen MR) is 68.0 cm³/mol. The van der Waals surface area contributed by atoms with E-state index in [4.69, 9.17) is 5.11 Å². The highest BCUT2D eigenvalue weighted by atomic mass is 32.1. The second-order valence-electron chi connectivity index (χ2n) is 3.70. The van der Waals surface area contributed by atoms with E-state index >= 15 is 0 Å². The van der Waals surface area contributed by atoms with Gasteiger partial charge in [0.05, 0.1) is 6.42 Å². The number of hydrogen-bond acceptors (Lipinski definition) is 3. The van der Waals surface area contributed by atoms with Crippen molar-refractivity contribution in [3.8, 4) is 5.75 Å². The van der Waals surface area contributed by atoms with E-state index in [2.05, 4.69) is 5.32 Å². The fourth-order valence-electron chi connectivity index (χ4n) is 1.45. The molecule has 2 aromatic rings. The van der Waals surface area contributed by atoms with Crippen molar-refractivity contribution in [2.75, 3.05) is 0 Å². The van der Waals surface area contributed by atoms with E-state index in [0.717, 1.165) is 10.4 Å². The van der Waals surface area contributed by atoms with E-state index in [0.29, 0.717) is 13.0 Å². The van der Waals surface area contributed by atoms with Gasteiger partial charge in [0.15, 0.2) is 0 Å². The zero-order valence-corrected chi connectivity index (χ0v) is 10.0. The first-order chi connectivity index (χ1) is 8.24. The van der Waals surface area contributed by atoms with Crippen LogP contribution in [0.4, 0.5) is 0 Å². The molecule has 0 spiro atoms. The normalized spacial score (nSPS) is 10.1. The van der Waals surface area contributed by atoms with Gasteiger partial charge in [-0.15, -0.1) is 11.3 Å². The molecule has 0 aliphatic rings. The highest BCUT2D eigenvalue weighted by Gasteiger charge is 2.03. The van der Waals surface area contributed by atoms with Crippen LogP contribution < -0.4 is 5.32 Å². The van der Waals surface area contributed by atoms with Gasteiger partial charge in [-0.25, -0.2) is 0 Å². The molecule has 0 unspecified atom stereocenters. The van der Waals surface area contributed by atoms with Crippen molar-refractivity contribution in [1.82, 2.24) is 5.32 Å². The third-order valence-corrected chi connectivity index (χ3v) is 3.22. The van der Waals surface area contributed by atoms with Gasteiger partial charge in [0.1, 0.15) is 5.75 Å². The summed E-state index contributed by atoms with van der Waals surface area (Å²) in [6.07, 6.45) is 0.426. The van der Waals surface area contributed by atoms with Crippen molar-refractivity contribution in [1.29, 1.82) is 0 Å². The molecular formula is C13H13NO2S. The molecule has 88 valence electrons. The highest BCUT2D eigenvalue weighted by Crippen LogP contribution is 2.10. The number of nitrogens with one attached hydrogen (secondary N) is 1. The lowest BCUT2D eigenvalue weighted by atomic mass is 10.2. The molecule has 4 heteroatoms. The Morgan fingerprint density at radius 3 is 2.65 bits per heavy atom. The topological polar surface area (TPSA) is 49.3 Å². The molecule has 0 saturated heterocycles. The van der Waals surface area contributed by atoms with Crippen LogP contribution in [0.5, 0.6) is 5.75 Å². The van der Waals surface area contributed by atoms with Crippen LogP contribution in [0, 0.1) is 0 Å². The number of benzene rings is 1. The fraction of sp³-hybridized carbons (Fsp3) is 0.154. The van der Waals surface area contributed by atoms with E-state index in [1.165, 1.54) is 0 Å². The number of carbonyl (C=O) groups is 1. The van der Waals surface area contributed by atoms with Crippen LogP contribution in [0.1, 0.15) is 10.4 Å². The molecule has 1 heterocycles. The monoisotopic (exact) mass is 247 g/mol. The van der Waals surface area contributed by atoms with Gasteiger partial charge in [0, 0.05) is 11.4 Å². The van der Waals surface area contributed by atoms with E-state index in [9.17, 15) is 4.79 Å². The van der Waals surface area contributed by atoms with Gasteiger partial charge in [0.2, 0.25) is 5.91 Å². The van der Waals surface area contributed by atoms with Gasteiger partial charge in [0.25, 0.3) is 0 Å². The van der Waals surface area contributed by atoms with E-state index in [-0.39, 0.29) is 11.7 Å². The molecule has 0 saturated carbocycles. The summed E-state index contributed by atoms with van der Waals surface area (Å²) in [5, 5.41) is 13.9. The van der Waals surface area contributed by atoms with Gasteiger partial charge in [-0.1, -0.05) is 18.2 Å². The molecule has 0 aliphatic heterocycles. The number of phenols is 1. The van der Waals surface area contributed by atoms with Gasteiger partial charge in [-0.2, -0.15) is 0 Å².